The van der Waals surface area contributed by atoms with E-state index in [4.69, 9.17) is 13.8 Å². The molecular weight excluding hydrogens is 401 g/mol. The molecule has 0 fully saturated rings. The van der Waals surface area contributed by atoms with Crippen LogP contribution in [0.25, 0.3) is 10.9 Å². The summed E-state index contributed by atoms with van der Waals surface area (Å²) in [6.07, 6.45) is 3.60. The molecule has 1 aromatic heterocycles. The number of hydrogen-bond acceptors (Lipinski definition) is 5. The molecule has 1 atom stereocenters. The van der Waals surface area contributed by atoms with Crippen molar-refractivity contribution < 1.29 is 23.1 Å². The van der Waals surface area contributed by atoms with Gasteiger partial charge in [0, 0.05) is 37.7 Å². The number of carbonyl (C=O) groups is 1. The number of ketones is 1. The van der Waals surface area contributed by atoms with Gasteiger partial charge in [0.25, 0.3) is 0 Å². The SMILES string of the molecule is COc1ccc2[nH]cc(C(CCc3ccccc3)CC(=O)CP(=O)(OC)OC)c2c1. The monoisotopic (exact) mass is 429 g/mol. The van der Waals surface area contributed by atoms with Gasteiger partial charge in [-0.05, 0) is 48.1 Å². The minimum Gasteiger partial charge on any atom is -0.497 e. The van der Waals surface area contributed by atoms with Gasteiger partial charge in [0.15, 0.2) is 0 Å². The highest BCUT2D eigenvalue weighted by Crippen LogP contribution is 2.47. The lowest BCUT2D eigenvalue weighted by Crippen LogP contribution is -2.13. The average molecular weight is 429 g/mol. The lowest BCUT2D eigenvalue weighted by molar-refractivity contribution is -0.117. The van der Waals surface area contributed by atoms with Gasteiger partial charge >= 0.3 is 7.60 Å². The van der Waals surface area contributed by atoms with E-state index in [1.807, 2.05) is 42.6 Å². The Balaban J connectivity index is 1.87. The number of rotatable bonds is 11. The molecule has 0 saturated carbocycles. The summed E-state index contributed by atoms with van der Waals surface area (Å²) < 4.78 is 27.7. The van der Waals surface area contributed by atoms with E-state index >= 15 is 0 Å². The van der Waals surface area contributed by atoms with Crippen LogP contribution in [0.1, 0.15) is 29.9 Å². The minimum absolute atomic E-state index is 0.0410. The summed E-state index contributed by atoms with van der Waals surface area (Å²) in [6.45, 7) is 0. The van der Waals surface area contributed by atoms with Crippen LogP contribution in [0, 0.1) is 0 Å². The maximum absolute atomic E-state index is 12.8. The first kappa shape index (κ1) is 22.3. The molecule has 0 aliphatic rings. The smallest absolute Gasteiger partial charge is 0.337 e. The Hall–Kier alpha value is -2.40. The average Bonchev–Trinajstić information content (AvgIpc) is 3.20. The maximum atomic E-state index is 12.8. The first-order valence-corrected chi connectivity index (χ1v) is 11.6. The summed E-state index contributed by atoms with van der Waals surface area (Å²) in [6, 6.07) is 16.0. The summed E-state index contributed by atoms with van der Waals surface area (Å²) in [5, 5.41) is 1.03. The number of aryl methyl sites for hydroxylation is 1. The van der Waals surface area contributed by atoms with Crippen molar-refractivity contribution in [1.82, 2.24) is 4.98 Å². The zero-order valence-electron chi connectivity index (χ0n) is 17.6. The van der Waals surface area contributed by atoms with Crippen LogP contribution in [0.5, 0.6) is 5.75 Å². The number of aromatic nitrogens is 1. The fourth-order valence-corrected chi connectivity index (χ4v) is 4.67. The molecule has 0 aliphatic carbocycles. The highest BCUT2D eigenvalue weighted by Gasteiger charge is 2.28. The number of fused-ring (bicyclic) bond motifs is 1. The van der Waals surface area contributed by atoms with Crippen LogP contribution >= 0.6 is 7.60 Å². The van der Waals surface area contributed by atoms with E-state index in [0.29, 0.717) is 0 Å². The number of H-pyrrole nitrogens is 1. The molecule has 3 aromatic rings. The van der Waals surface area contributed by atoms with Crippen LogP contribution in [0.2, 0.25) is 0 Å². The molecule has 2 aromatic carbocycles. The molecule has 160 valence electrons. The Morgan fingerprint density at radius 1 is 1.07 bits per heavy atom. The fourth-order valence-electron chi connectivity index (χ4n) is 3.70. The molecule has 0 radical (unpaired) electrons. The van der Waals surface area contributed by atoms with E-state index < -0.39 is 7.60 Å². The van der Waals surface area contributed by atoms with Gasteiger partial charge in [0.1, 0.15) is 17.7 Å². The first-order valence-electron chi connectivity index (χ1n) is 9.89. The van der Waals surface area contributed by atoms with Gasteiger partial charge in [-0.3, -0.25) is 9.36 Å². The summed E-state index contributed by atoms with van der Waals surface area (Å²) in [5.41, 5.74) is 3.26. The van der Waals surface area contributed by atoms with Gasteiger partial charge in [-0.15, -0.1) is 0 Å². The van der Waals surface area contributed by atoms with Crippen LogP contribution in [-0.2, 0) is 24.8 Å². The van der Waals surface area contributed by atoms with Crippen molar-refractivity contribution in [2.45, 2.75) is 25.2 Å². The minimum atomic E-state index is -3.39. The lowest BCUT2D eigenvalue weighted by Gasteiger charge is -2.18. The number of nitrogens with one attached hydrogen (secondary N) is 1. The number of benzene rings is 2. The highest BCUT2D eigenvalue weighted by molar-refractivity contribution is 7.54. The van der Waals surface area contributed by atoms with Crippen molar-refractivity contribution in [3.63, 3.8) is 0 Å². The second-order valence-electron chi connectivity index (χ2n) is 7.25. The third-order valence-electron chi connectivity index (χ3n) is 5.39. The number of ether oxygens (including phenoxy) is 1. The van der Waals surface area contributed by atoms with Crippen molar-refractivity contribution in [2.24, 2.45) is 0 Å². The standard InChI is InChI=1S/C23H28NO5P/c1-27-20-11-12-23-21(14-20)22(15-24-23)18(10-9-17-7-5-4-6-8-17)13-19(25)16-30(26,28-2)29-3/h4-8,11-12,14-15,18,24H,9-10,13,16H2,1-3H3. The Bertz CT molecular complexity index is 1020. The second-order valence-corrected chi connectivity index (χ2v) is 9.52. The number of aromatic amines is 1. The number of methoxy groups -OCH3 is 1. The molecule has 1 heterocycles. The maximum Gasteiger partial charge on any atom is 0.337 e. The van der Waals surface area contributed by atoms with Gasteiger partial charge in [0.2, 0.25) is 0 Å². The summed E-state index contributed by atoms with van der Waals surface area (Å²) in [7, 11) is 0.854. The zero-order valence-corrected chi connectivity index (χ0v) is 18.5. The summed E-state index contributed by atoms with van der Waals surface area (Å²) in [4.78, 5) is 16.1. The summed E-state index contributed by atoms with van der Waals surface area (Å²) >= 11 is 0. The summed E-state index contributed by atoms with van der Waals surface area (Å²) in [5.74, 6) is 0.581. The Kier molecular flexibility index (Phi) is 7.48. The van der Waals surface area contributed by atoms with E-state index in [1.165, 1.54) is 19.8 Å². The van der Waals surface area contributed by atoms with Crippen molar-refractivity contribution in [3.8, 4) is 5.75 Å². The van der Waals surface area contributed by atoms with Gasteiger partial charge in [-0.2, -0.15) is 0 Å². The van der Waals surface area contributed by atoms with Crippen molar-refractivity contribution in [1.29, 1.82) is 0 Å². The van der Waals surface area contributed by atoms with Crippen molar-refractivity contribution in [2.75, 3.05) is 27.5 Å². The van der Waals surface area contributed by atoms with E-state index in [0.717, 1.165) is 35.1 Å². The van der Waals surface area contributed by atoms with Crippen LogP contribution in [0.4, 0.5) is 0 Å². The molecule has 7 heteroatoms. The van der Waals surface area contributed by atoms with Gasteiger partial charge in [-0.25, -0.2) is 0 Å². The molecule has 0 aliphatic heterocycles. The molecule has 1 N–H and O–H groups in total. The van der Waals surface area contributed by atoms with E-state index in [9.17, 15) is 9.36 Å². The lowest BCUT2D eigenvalue weighted by atomic mass is 9.88. The Morgan fingerprint density at radius 3 is 2.47 bits per heavy atom. The van der Waals surface area contributed by atoms with Crippen LogP contribution in [0.15, 0.2) is 54.7 Å². The largest absolute Gasteiger partial charge is 0.497 e. The first-order chi connectivity index (χ1) is 14.5. The predicted molar refractivity (Wildman–Crippen MR) is 118 cm³/mol. The normalized spacial score (nSPS) is 12.8. The molecular formula is C23H28NO5P. The highest BCUT2D eigenvalue weighted by atomic mass is 31.2. The number of hydrogen-bond donors (Lipinski definition) is 1. The van der Waals surface area contributed by atoms with Gasteiger partial charge in [0.05, 0.1) is 7.11 Å². The van der Waals surface area contributed by atoms with Crippen molar-refractivity contribution in [3.05, 3.63) is 65.9 Å². The van der Waals surface area contributed by atoms with E-state index in [1.54, 1.807) is 7.11 Å². The van der Waals surface area contributed by atoms with Crippen LogP contribution < -0.4 is 4.74 Å². The molecule has 0 amide bonds. The number of Topliss-reactive ketones (excluding diaryl/α,β-unsaturated/α-hetero) is 1. The molecule has 0 bridgehead atoms. The predicted octanol–water partition coefficient (Wildman–Crippen LogP) is 5.34. The molecule has 1 unspecified atom stereocenters. The third-order valence-corrected chi connectivity index (χ3v) is 7.24. The van der Waals surface area contributed by atoms with E-state index in [-0.39, 0.29) is 24.3 Å². The molecule has 0 saturated heterocycles. The zero-order chi connectivity index (χ0) is 21.6. The molecule has 30 heavy (non-hydrogen) atoms. The second kappa shape index (κ2) is 10.1. The van der Waals surface area contributed by atoms with Crippen LogP contribution in [0.3, 0.4) is 0 Å². The topological polar surface area (TPSA) is 77.6 Å². The Labute approximate surface area is 177 Å². The number of carbonyl (C=O) groups excluding carboxylic acids is 1. The Morgan fingerprint density at radius 2 is 1.80 bits per heavy atom. The fraction of sp³-hybridized carbons (Fsp3) is 0.348. The third kappa shape index (κ3) is 5.39. The molecule has 6 nitrogen and oxygen atoms in total. The van der Waals surface area contributed by atoms with Crippen molar-refractivity contribution >= 4 is 24.3 Å². The quantitative estimate of drug-likeness (QED) is 0.417. The van der Waals surface area contributed by atoms with Gasteiger partial charge < -0.3 is 18.8 Å². The van der Waals surface area contributed by atoms with E-state index in [2.05, 4.69) is 17.1 Å². The van der Waals surface area contributed by atoms with Crippen LogP contribution in [-0.4, -0.2) is 38.3 Å². The van der Waals surface area contributed by atoms with Gasteiger partial charge in [-0.1, -0.05) is 30.3 Å². The molecule has 0 spiro atoms. The molecule has 3 rings (SSSR count).